The number of aliphatic hydroxyl groups excluding tert-OH is 1. The van der Waals surface area contributed by atoms with Gasteiger partial charge in [-0.3, -0.25) is 9.78 Å². The summed E-state index contributed by atoms with van der Waals surface area (Å²) in [5, 5.41) is 13.1. The molecule has 0 unspecified atom stereocenters. The monoisotopic (exact) mass is 331 g/mol. The molecule has 0 radical (unpaired) electrons. The van der Waals surface area contributed by atoms with Crippen LogP contribution in [0.4, 0.5) is 4.39 Å². The van der Waals surface area contributed by atoms with Crippen LogP contribution in [-0.2, 0) is 12.8 Å². The van der Waals surface area contributed by atoms with Crippen molar-refractivity contribution in [2.24, 2.45) is 5.73 Å². The number of carbonyl (C=O) groups excluding carboxylic acids is 1. The van der Waals surface area contributed by atoms with Crippen molar-refractivity contribution in [3.8, 4) is 0 Å². The zero-order valence-corrected chi connectivity index (χ0v) is 13.6. The van der Waals surface area contributed by atoms with Crippen molar-refractivity contribution in [1.82, 2.24) is 10.3 Å². The minimum atomic E-state index is -0.937. The number of carbonyl (C=O) groups is 1. The molecule has 2 rings (SSSR count). The van der Waals surface area contributed by atoms with Crippen LogP contribution >= 0.6 is 0 Å². The average Bonchev–Trinajstić information content (AvgIpc) is 2.57. The number of aromatic nitrogens is 1. The molecule has 1 aromatic carbocycles. The summed E-state index contributed by atoms with van der Waals surface area (Å²) in [4.78, 5) is 16.2. The fraction of sp³-hybridized carbons (Fsp3) is 0.333. The van der Waals surface area contributed by atoms with Crippen molar-refractivity contribution in [2.45, 2.75) is 31.9 Å². The summed E-state index contributed by atoms with van der Waals surface area (Å²) in [6, 6.07) is 8.99. The van der Waals surface area contributed by atoms with Gasteiger partial charge in [-0.15, -0.1) is 0 Å². The van der Waals surface area contributed by atoms with Crippen LogP contribution in [0.2, 0.25) is 0 Å². The lowest BCUT2D eigenvalue weighted by molar-refractivity contribution is 0.0952. The summed E-state index contributed by atoms with van der Waals surface area (Å²) >= 11 is 0. The molecule has 0 aliphatic heterocycles. The van der Waals surface area contributed by atoms with Crippen LogP contribution < -0.4 is 11.1 Å². The van der Waals surface area contributed by atoms with Crippen molar-refractivity contribution in [3.63, 3.8) is 0 Å². The molecule has 1 amide bonds. The van der Waals surface area contributed by atoms with Crippen LogP contribution in [0, 0.1) is 5.82 Å². The van der Waals surface area contributed by atoms with Crippen LogP contribution in [-0.4, -0.2) is 34.7 Å². The summed E-state index contributed by atoms with van der Waals surface area (Å²) in [5.41, 5.74) is 7.34. The first-order valence-corrected chi connectivity index (χ1v) is 7.92. The number of nitrogens with one attached hydrogen (secondary N) is 1. The molecule has 0 spiro atoms. The zero-order valence-electron chi connectivity index (χ0n) is 13.6. The maximum absolute atomic E-state index is 13.7. The standard InChI is InChI=1S/C18H22FN3O2/c1-2-21-18(24)13-7-5-9-22-16(13)11-17(23)15(20)10-12-6-3-4-8-14(12)19/h3-9,15,17,23H,2,10-11,20H2,1H3,(H,21,24)/t15-,17+/m1/s1. The number of halogens is 1. The highest BCUT2D eigenvalue weighted by Crippen LogP contribution is 2.14. The maximum Gasteiger partial charge on any atom is 0.253 e. The first-order chi connectivity index (χ1) is 11.5. The van der Waals surface area contributed by atoms with E-state index in [4.69, 9.17) is 5.73 Å². The number of pyridine rings is 1. The van der Waals surface area contributed by atoms with Crippen molar-refractivity contribution in [3.05, 3.63) is 65.2 Å². The van der Waals surface area contributed by atoms with E-state index in [2.05, 4.69) is 10.3 Å². The van der Waals surface area contributed by atoms with E-state index in [0.717, 1.165) is 0 Å². The van der Waals surface area contributed by atoms with Gasteiger partial charge in [0.1, 0.15) is 5.82 Å². The van der Waals surface area contributed by atoms with Crippen LogP contribution in [0.15, 0.2) is 42.6 Å². The Hall–Kier alpha value is -2.31. The molecule has 5 nitrogen and oxygen atoms in total. The van der Waals surface area contributed by atoms with Gasteiger partial charge in [-0.1, -0.05) is 18.2 Å². The Morgan fingerprint density at radius 2 is 2.04 bits per heavy atom. The normalized spacial score (nSPS) is 13.3. The molecule has 2 aromatic rings. The molecule has 24 heavy (non-hydrogen) atoms. The lowest BCUT2D eigenvalue weighted by atomic mass is 9.97. The molecule has 0 fully saturated rings. The van der Waals surface area contributed by atoms with Gasteiger partial charge in [0.2, 0.25) is 0 Å². The number of rotatable bonds is 7. The summed E-state index contributed by atoms with van der Waals surface area (Å²) in [5.74, 6) is -0.587. The predicted octanol–water partition coefficient (Wildman–Crippen LogP) is 1.44. The van der Waals surface area contributed by atoms with Gasteiger partial charge >= 0.3 is 0 Å². The molecule has 0 saturated heterocycles. The summed E-state index contributed by atoms with van der Waals surface area (Å²) in [6.45, 7) is 2.33. The summed E-state index contributed by atoms with van der Waals surface area (Å²) in [7, 11) is 0. The number of benzene rings is 1. The molecule has 0 aliphatic rings. The Morgan fingerprint density at radius 3 is 2.75 bits per heavy atom. The summed E-state index contributed by atoms with van der Waals surface area (Å²) in [6.07, 6.45) is 0.959. The van der Waals surface area contributed by atoms with E-state index in [1.54, 1.807) is 36.5 Å². The highest BCUT2D eigenvalue weighted by molar-refractivity contribution is 5.95. The maximum atomic E-state index is 13.7. The molecule has 1 aromatic heterocycles. The highest BCUT2D eigenvalue weighted by atomic mass is 19.1. The van der Waals surface area contributed by atoms with Crippen LogP contribution in [0.3, 0.4) is 0 Å². The molecule has 6 heteroatoms. The van der Waals surface area contributed by atoms with Crippen molar-refractivity contribution >= 4 is 5.91 Å². The molecule has 0 aliphatic carbocycles. The van der Waals surface area contributed by atoms with E-state index in [1.165, 1.54) is 6.07 Å². The van der Waals surface area contributed by atoms with Crippen LogP contribution in [0.25, 0.3) is 0 Å². The average molecular weight is 331 g/mol. The second-order valence-electron chi connectivity index (χ2n) is 5.59. The third-order valence-electron chi connectivity index (χ3n) is 3.78. The molecule has 1 heterocycles. The number of hydrogen-bond donors (Lipinski definition) is 3. The quantitative estimate of drug-likeness (QED) is 0.716. The number of amides is 1. The molecule has 128 valence electrons. The largest absolute Gasteiger partial charge is 0.391 e. The van der Waals surface area contributed by atoms with Gasteiger partial charge < -0.3 is 16.2 Å². The molecule has 2 atom stereocenters. The van der Waals surface area contributed by atoms with Gasteiger partial charge in [0.15, 0.2) is 0 Å². The molecule has 0 bridgehead atoms. The molecular formula is C18H22FN3O2. The summed E-state index contributed by atoms with van der Waals surface area (Å²) < 4.78 is 13.7. The minimum absolute atomic E-state index is 0.128. The van der Waals surface area contributed by atoms with E-state index < -0.39 is 12.1 Å². The van der Waals surface area contributed by atoms with Crippen LogP contribution in [0.5, 0.6) is 0 Å². The van der Waals surface area contributed by atoms with E-state index >= 15 is 0 Å². The number of aliphatic hydroxyl groups is 1. The lowest BCUT2D eigenvalue weighted by Crippen LogP contribution is -2.39. The SMILES string of the molecule is CCNC(=O)c1cccnc1C[C@H](O)[C@H](N)Cc1ccccc1F. The fourth-order valence-corrected chi connectivity index (χ4v) is 2.47. The van der Waals surface area contributed by atoms with Crippen molar-refractivity contribution in [1.29, 1.82) is 0 Å². The Morgan fingerprint density at radius 1 is 1.29 bits per heavy atom. The number of hydrogen-bond acceptors (Lipinski definition) is 4. The van der Waals surface area contributed by atoms with Crippen LogP contribution in [0.1, 0.15) is 28.5 Å². The molecular weight excluding hydrogens is 309 g/mol. The van der Waals surface area contributed by atoms with Gasteiger partial charge in [0.25, 0.3) is 5.91 Å². The first kappa shape index (κ1) is 18.0. The first-order valence-electron chi connectivity index (χ1n) is 7.92. The Bertz CT molecular complexity index is 693. The number of nitrogens with two attached hydrogens (primary N) is 1. The van der Waals surface area contributed by atoms with E-state index in [-0.39, 0.29) is 24.6 Å². The smallest absolute Gasteiger partial charge is 0.253 e. The molecule has 4 N–H and O–H groups in total. The molecule has 0 saturated carbocycles. The second-order valence-corrected chi connectivity index (χ2v) is 5.59. The van der Waals surface area contributed by atoms with E-state index in [1.807, 2.05) is 6.92 Å². The topological polar surface area (TPSA) is 88.2 Å². The van der Waals surface area contributed by atoms with E-state index in [0.29, 0.717) is 23.4 Å². The van der Waals surface area contributed by atoms with Crippen molar-refractivity contribution in [2.75, 3.05) is 6.54 Å². The second kappa shape index (κ2) is 8.52. The number of nitrogens with zero attached hydrogens (tertiary/aromatic N) is 1. The zero-order chi connectivity index (χ0) is 17.5. The van der Waals surface area contributed by atoms with Gasteiger partial charge in [-0.25, -0.2) is 4.39 Å². The Balaban J connectivity index is 2.08. The van der Waals surface area contributed by atoms with Gasteiger partial charge in [0.05, 0.1) is 17.4 Å². The van der Waals surface area contributed by atoms with Gasteiger partial charge in [0, 0.05) is 25.2 Å². The lowest BCUT2D eigenvalue weighted by Gasteiger charge is -2.20. The van der Waals surface area contributed by atoms with E-state index in [9.17, 15) is 14.3 Å². The Labute approximate surface area is 140 Å². The Kier molecular flexibility index (Phi) is 6.40. The van der Waals surface area contributed by atoms with Gasteiger partial charge in [-0.05, 0) is 37.1 Å². The van der Waals surface area contributed by atoms with Gasteiger partial charge in [-0.2, -0.15) is 0 Å². The third kappa shape index (κ3) is 4.59. The van der Waals surface area contributed by atoms with Crippen molar-refractivity contribution < 1.29 is 14.3 Å². The highest BCUT2D eigenvalue weighted by Gasteiger charge is 2.21. The predicted molar refractivity (Wildman–Crippen MR) is 90.0 cm³/mol. The third-order valence-corrected chi connectivity index (χ3v) is 3.78. The fourth-order valence-electron chi connectivity index (χ4n) is 2.47. The minimum Gasteiger partial charge on any atom is -0.391 e.